The fraction of sp³-hybridized carbons (Fsp3) is 0.321. The molecule has 3 rings (SSSR count). The number of sulfonamides is 1. The highest BCUT2D eigenvalue weighted by molar-refractivity contribution is 7.92. The first kappa shape index (κ1) is 27.9. The lowest BCUT2D eigenvalue weighted by atomic mass is 10.1. The lowest BCUT2D eigenvalue weighted by Crippen LogP contribution is -2.38. The lowest BCUT2D eigenvalue weighted by molar-refractivity contribution is -0.114. The van der Waals surface area contributed by atoms with E-state index in [2.05, 4.69) is 12.2 Å². The number of aryl methyl sites for hydroxylation is 1. The van der Waals surface area contributed by atoms with E-state index in [0.717, 1.165) is 23.6 Å². The molecule has 0 unspecified atom stereocenters. The summed E-state index contributed by atoms with van der Waals surface area (Å²) >= 11 is 0. The number of nitrogens with one attached hydrogen (secondary N) is 1. The van der Waals surface area contributed by atoms with Crippen LogP contribution in [0, 0.1) is 0 Å². The minimum atomic E-state index is -4.15. The number of carbonyl (C=O) groups excluding carboxylic acids is 1. The molecule has 37 heavy (non-hydrogen) atoms. The van der Waals surface area contributed by atoms with Gasteiger partial charge in [-0.1, -0.05) is 25.5 Å². The number of amides is 1. The van der Waals surface area contributed by atoms with Crippen molar-refractivity contribution in [2.24, 2.45) is 0 Å². The van der Waals surface area contributed by atoms with Crippen LogP contribution < -0.4 is 23.8 Å². The van der Waals surface area contributed by atoms with Gasteiger partial charge in [0.15, 0.2) is 11.5 Å². The molecule has 0 saturated carbocycles. The number of nitrogens with zero attached hydrogens (tertiary/aromatic N) is 1. The van der Waals surface area contributed by atoms with E-state index in [1.807, 2.05) is 31.2 Å². The summed E-state index contributed by atoms with van der Waals surface area (Å²) in [4.78, 5) is 13.0. The molecule has 0 spiro atoms. The second-order valence-electron chi connectivity index (χ2n) is 8.30. The average molecular weight is 527 g/mol. The second kappa shape index (κ2) is 13.0. The molecule has 0 aromatic heterocycles. The van der Waals surface area contributed by atoms with Crippen LogP contribution in [0.4, 0.5) is 11.4 Å². The van der Waals surface area contributed by atoms with Crippen molar-refractivity contribution in [3.05, 3.63) is 72.3 Å². The van der Waals surface area contributed by atoms with Crippen LogP contribution in [-0.4, -0.2) is 41.7 Å². The Bertz CT molecular complexity index is 1280. The Morgan fingerprint density at radius 2 is 1.57 bits per heavy atom. The number of benzene rings is 3. The predicted octanol–water partition coefficient (Wildman–Crippen LogP) is 5.28. The van der Waals surface area contributed by atoms with Gasteiger partial charge in [0.2, 0.25) is 5.91 Å². The molecule has 1 amide bonds. The zero-order chi connectivity index (χ0) is 26.8. The van der Waals surface area contributed by atoms with Gasteiger partial charge in [0.1, 0.15) is 12.3 Å². The number of anilines is 2. The highest BCUT2D eigenvalue weighted by Gasteiger charge is 2.28. The van der Waals surface area contributed by atoms with Crippen LogP contribution in [0.5, 0.6) is 17.2 Å². The molecular formula is C28H34N2O6S. The molecule has 3 aromatic rings. The van der Waals surface area contributed by atoms with Crippen LogP contribution >= 0.6 is 0 Å². The Balaban J connectivity index is 1.90. The molecule has 0 aliphatic rings. The number of hydrogen-bond acceptors (Lipinski definition) is 6. The number of hydrogen-bond donors (Lipinski definition) is 1. The predicted molar refractivity (Wildman–Crippen MR) is 145 cm³/mol. The number of ether oxygens (including phenoxy) is 3. The molecule has 0 atom stereocenters. The van der Waals surface area contributed by atoms with Gasteiger partial charge >= 0.3 is 0 Å². The normalized spacial score (nSPS) is 11.0. The fourth-order valence-electron chi connectivity index (χ4n) is 3.76. The minimum absolute atomic E-state index is 0.0351. The Kier molecular flexibility index (Phi) is 9.79. The molecule has 9 heteroatoms. The molecule has 0 radical (unpaired) electrons. The maximum absolute atomic E-state index is 13.8. The largest absolute Gasteiger partial charge is 0.494 e. The zero-order valence-electron chi connectivity index (χ0n) is 21.7. The van der Waals surface area contributed by atoms with Crippen molar-refractivity contribution in [1.82, 2.24) is 0 Å². The summed E-state index contributed by atoms with van der Waals surface area (Å²) in [6.07, 6.45) is 3.17. The van der Waals surface area contributed by atoms with Crippen LogP contribution in [0.2, 0.25) is 0 Å². The smallest absolute Gasteiger partial charge is 0.264 e. The van der Waals surface area contributed by atoms with Crippen molar-refractivity contribution < 1.29 is 27.4 Å². The third-order valence-corrected chi connectivity index (χ3v) is 7.49. The minimum Gasteiger partial charge on any atom is -0.494 e. The summed E-state index contributed by atoms with van der Waals surface area (Å²) < 4.78 is 44.6. The lowest BCUT2D eigenvalue weighted by Gasteiger charge is -2.25. The maximum atomic E-state index is 13.8. The number of rotatable bonds is 13. The summed E-state index contributed by atoms with van der Waals surface area (Å²) in [6, 6.07) is 18.5. The SMILES string of the molecule is CCCCc1ccc(NC(=O)CN(c2ccc(OCC)cc2)S(=O)(=O)c2ccc(OC)c(OC)c2)cc1. The third-order valence-electron chi connectivity index (χ3n) is 5.72. The Morgan fingerprint density at radius 1 is 0.892 bits per heavy atom. The van der Waals surface area contributed by atoms with Crippen LogP contribution in [-0.2, 0) is 21.2 Å². The van der Waals surface area contributed by atoms with Crippen LogP contribution in [0.3, 0.4) is 0 Å². The van der Waals surface area contributed by atoms with E-state index >= 15 is 0 Å². The van der Waals surface area contributed by atoms with Gasteiger partial charge in [0, 0.05) is 11.8 Å². The number of methoxy groups -OCH3 is 2. The fourth-order valence-corrected chi connectivity index (χ4v) is 5.20. The monoisotopic (exact) mass is 526 g/mol. The summed E-state index contributed by atoms with van der Waals surface area (Å²) in [5.41, 5.74) is 2.11. The highest BCUT2D eigenvalue weighted by Crippen LogP contribution is 2.32. The molecule has 8 nitrogen and oxygen atoms in total. The Hall–Kier alpha value is -3.72. The van der Waals surface area contributed by atoms with Gasteiger partial charge in [-0.05, 0) is 73.9 Å². The van der Waals surface area contributed by atoms with Crippen molar-refractivity contribution in [2.45, 2.75) is 38.0 Å². The van der Waals surface area contributed by atoms with Gasteiger partial charge < -0.3 is 19.5 Å². The van der Waals surface area contributed by atoms with Crippen molar-refractivity contribution in [2.75, 3.05) is 37.0 Å². The van der Waals surface area contributed by atoms with E-state index in [4.69, 9.17) is 14.2 Å². The van der Waals surface area contributed by atoms with E-state index < -0.39 is 22.5 Å². The van der Waals surface area contributed by atoms with Crippen molar-refractivity contribution in [1.29, 1.82) is 0 Å². The molecule has 0 fully saturated rings. The second-order valence-corrected chi connectivity index (χ2v) is 10.2. The molecule has 0 bridgehead atoms. The number of unbranched alkanes of at least 4 members (excludes halogenated alkanes) is 1. The quantitative estimate of drug-likeness (QED) is 0.326. The highest BCUT2D eigenvalue weighted by atomic mass is 32.2. The summed E-state index contributed by atoms with van der Waals surface area (Å²) in [5, 5.41) is 2.81. The maximum Gasteiger partial charge on any atom is 0.264 e. The standard InChI is InChI=1S/C28H34N2O6S/c1-5-7-8-21-9-11-22(12-10-21)29-28(31)20-30(23-13-15-24(16-14-23)36-6-2)37(32,33)25-17-18-26(34-3)27(19-25)35-4/h9-19H,5-8,20H2,1-4H3,(H,29,31). The van der Waals surface area contributed by atoms with Crippen molar-refractivity contribution in [3.63, 3.8) is 0 Å². The summed E-state index contributed by atoms with van der Waals surface area (Å²) in [5.74, 6) is 0.790. The third kappa shape index (κ3) is 7.16. The van der Waals surface area contributed by atoms with E-state index in [1.54, 1.807) is 24.3 Å². The molecular weight excluding hydrogens is 492 g/mol. The molecule has 3 aromatic carbocycles. The van der Waals surface area contributed by atoms with E-state index in [9.17, 15) is 13.2 Å². The average Bonchev–Trinajstić information content (AvgIpc) is 2.91. The summed E-state index contributed by atoms with van der Waals surface area (Å²) in [6.45, 7) is 4.05. The van der Waals surface area contributed by atoms with Gasteiger partial charge in [-0.15, -0.1) is 0 Å². The molecule has 0 saturated heterocycles. The molecule has 198 valence electrons. The first-order chi connectivity index (χ1) is 17.8. The molecule has 0 aliphatic heterocycles. The number of carbonyl (C=O) groups is 1. The van der Waals surface area contributed by atoms with Crippen molar-refractivity contribution in [3.8, 4) is 17.2 Å². The Morgan fingerprint density at radius 3 is 2.16 bits per heavy atom. The van der Waals surface area contributed by atoms with Crippen LogP contribution in [0.1, 0.15) is 32.3 Å². The first-order valence-corrected chi connectivity index (χ1v) is 13.6. The Labute approximate surface area is 219 Å². The van der Waals surface area contributed by atoms with Crippen molar-refractivity contribution >= 4 is 27.3 Å². The topological polar surface area (TPSA) is 94.2 Å². The zero-order valence-corrected chi connectivity index (χ0v) is 22.5. The van der Waals surface area contributed by atoms with Crippen LogP contribution in [0.15, 0.2) is 71.6 Å². The molecule has 0 heterocycles. The van der Waals surface area contributed by atoms with E-state index in [0.29, 0.717) is 29.5 Å². The van der Waals surface area contributed by atoms with Gasteiger partial charge in [-0.25, -0.2) is 8.42 Å². The van der Waals surface area contributed by atoms with Gasteiger partial charge in [-0.3, -0.25) is 9.10 Å². The van der Waals surface area contributed by atoms with E-state index in [1.165, 1.54) is 38.0 Å². The molecule has 1 N–H and O–H groups in total. The first-order valence-electron chi connectivity index (χ1n) is 12.2. The summed E-state index contributed by atoms with van der Waals surface area (Å²) in [7, 11) is -1.24. The van der Waals surface area contributed by atoms with E-state index in [-0.39, 0.29) is 10.6 Å². The van der Waals surface area contributed by atoms with Crippen LogP contribution in [0.25, 0.3) is 0 Å². The molecule has 0 aliphatic carbocycles. The van der Waals surface area contributed by atoms with Gasteiger partial charge in [-0.2, -0.15) is 0 Å². The van der Waals surface area contributed by atoms with Gasteiger partial charge in [0.05, 0.1) is 31.4 Å². The van der Waals surface area contributed by atoms with Gasteiger partial charge in [0.25, 0.3) is 10.0 Å².